The first-order valence-electron chi connectivity index (χ1n) is 11.2. The van der Waals surface area contributed by atoms with Crippen LogP contribution in [0.2, 0.25) is 0 Å². The maximum Gasteiger partial charge on any atom is 0.586 e. The third-order valence-corrected chi connectivity index (χ3v) is 5.64. The van der Waals surface area contributed by atoms with Gasteiger partial charge in [-0.2, -0.15) is 18.6 Å². The summed E-state index contributed by atoms with van der Waals surface area (Å²) >= 11 is 0. The van der Waals surface area contributed by atoms with Crippen LogP contribution in [0.3, 0.4) is 0 Å². The molecular formula is C25H13F6N3O6. The van der Waals surface area contributed by atoms with Crippen LogP contribution in [-0.4, -0.2) is 35.0 Å². The Labute approximate surface area is 219 Å². The van der Waals surface area contributed by atoms with Crippen LogP contribution in [0, 0.1) is 0 Å². The summed E-state index contributed by atoms with van der Waals surface area (Å²) in [5.41, 5.74) is 1.16. The zero-order valence-corrected chi connectivity index (χ0v) is 19.5. The van der Waals surface area contributed by atoms with Crippen LogP contribution in [0.5, 0.6) is 28.7 Å². The summed E-state index contributed by atoms with van der Waals surface area (Å²) < 4.78 is 102. The van der Waals surface area contributed by atoms with E-state index in [2.05, 4.69) is 34.1 Å². The van der Waals surface area contributed by atoms with E-state index in [0.29, 0.717) is 11.1 Å². The zero-order valence-electron chi connectivity index (χ0n) is 19.5. The highest BCUT2D eigenvalue weighted by Crippen LogP contribution is 2.45. The molecule has 6 rings (SSSR count). The van der Waals surface area contributed by atoms with E-state index >= 15 is 0 Å². The Morgan fingerprint density at radius 2 is 1.38 bits per heavy atom. The van der Waals surface area contributed by atoms with Gasteiger partial charge in [-0.15, -0.1) is 17.6 Å². The van der Waals surface area contributed by atoms with Crippen LogP contribution in [0.15, 0.2) is 66.9 Å². The van der Waals surface area contributed by atoms with Crippen LogP contribution in [0.4, 0.5) is 36.8 Å². The van der Waals surface area contributed by atoms with Crippen molar-refractivity contribution in [2.24, 2.45) is 0 Å². The van der Waals surface area contributed by atoms with Gasteiger partial charge in [0.2, 0.25) is 0 Å². The van der Waals surface area contributed by atoms with Crippen molar-refractivity contribution in [1.82, 2.24) is 9.78 Å². The minimum atomic E-state index is -3.86. The van der Waals surface area contributed by atoms with E-state index in [1.165, 1.54) is 60.8 Å². The number of amides is 1. The largest absolute Gasteiger partial charge is 0.586 e. The predicted octanol–water partition coefficient (Wildman–Crippen LogP) is 6.54. The number of hydrogen-bond donors (Lipinski definition) is 1. The molecule has 0 fully saturated rings. The fourth-order valence-electron chi connectivity index (χ4n) is 4.02. The lowest BCUT2D eigenvalue weighted by molar-refractivity contribution is -0.287. The molecule has 0 aliphatic carbocycles. The Hall–Kier alpha value is -5.08. The maximum atomic E-state index is 13.5. The summed E-state index contributed by atoms with van der Waals surface area (Å²) in [5.74, 6) is -1.12. The third kappa shape index (κ3) is 4.88. The topological polar surface area (TPSA) is 93.1 Å². The van der Waals surface area contributed by atoms with Gasteiger partial charge in [-0.25, -0.2) is 4.79 Å². The van der Waals surface area contributed by atoms with Crippen molar-refractivity contribution >= 4 is 11.7 Å². The molecule has 2 aliphatic heterocycles. The van der Waals surface area contributed by atoms with E-state index in [-0.39, 0.29) is 45.7 Å². The molecule has 40 heavy (non-hydrogen) atoms. The average Bonchev–Trinajstić information content (AvgIpc) is 3.54. The molecule has 3 aromatic carbocycles. The van der Waals surface area contributed by atoms with Crippen LogP contribution in [-0.2, 0) is 0 Å². The van der Waals surface area contributed by atoms with Gasteiger partial charge in [0, 0.05) is 29.1 Å². The van der Waals surface area contributed by atoms with Gasteiger partial charge in [0.25, 0.3) is 0 Å². The highest BCUT2D eigenvalue weighted by molar-refractivity contribution is 5.93. The normalized spacial score (nSPS) is 15.8. The molecule has 0 radical (unpaired) electrons. The van der Waals surface area contributed by atoms with Crippen LogP contribution in [0.25, 0.3) is 22.4 Å². The van der Waals surface area contributed by atoms with E-state index in [4.69, 9.17) is 0 Å². The number of rotatable bonds is 5. The summed E-state index contributed by atoms with van der Waals surface area (Å²) in [6.45, 7) is -3.04. The van der Waals surface area contributed by atoms with E-state index in [0.717, 1.165) is 10.7 Å². The second kappa shape index (κ2) is 9.00. The van der Waals surface area contributed by atoms with Gasteiger partial charge in [0.05, 0.1) is 0 Å². The van der Waals surface area contributed by atoms with E-state index in [9.17, 15) is 31.1 Å². The molecule has 15 heteroatoms. The number of benzene rings is 3. The first-order valence-corrected chi connectivity index (χ1v) is 11.2. The first-order chi connectivity index (χ1) is 18.9. The van der Waals surface area contributed by atoms with Crippen molar-refractivity contribution < 1.29 is 54.8 Å². The number of halogens is 6. The minimum Gasteiger partial charge on any atom is -0.435 e. The van der Waals surface area contributed by atoms with Crippen LogP contribution >= 0.6 is 0 Å². The lowest BCUT2D eigenvalue weighted by Gasteiger charge is -2.07. The number of ether oxygens (including phenoxy) is 5. The molecule has 0 spiro atoms. The smallest absolute Gasteiger partial charge is 0.435 e. The standard InChI is InChI=1S/C25H13F6N3O6/c26-22(27)36-15-5-1-12(2-6-15)21-16(13-3-7-17-19(9-13)39-24(28,29)37-17)11-34(33-21)23(35)32-14-4-8-18-20(10-14)40-25(30,31)38-18/h1-11,22H,(H,32,35). The molecule has 0 saturated carbocycles. The molecule has 0 atom stereocenters. The van der Waals surface area contributed by atoms with Gasteiger partial charge in [-0.05, 0) is 54.1 Å². The molecule has 2 aliphatic rings. The second-order valence-electron chi connectivity index (χ2n) is 8.33. The van der Waals surface area contributed by atoms with Crippen molar-refractivity contribution in [2.45, 2.75) is 19.2 Å². The molecule has 206 valence electrons. The molecule has 9 nitrogen and oxygen atoms in total. The molecule has 1 amide bonds. The molecular weight excluding hydrogens is 552 g/mol. The number of fused-ring (bicyclic) bond motifs is 2. The van der Waals surface area contributed by atoms with Gasteiger partial charge in [0.15, 0.2) is 23.0 Å². The van der Waals surface area contributed by atoms with Crippen molar-refractivity contribution in [2.75, 3.05) is 5.32 Å². The Morgan fingerprint density at radius 3 is 2.02 bits per heavy atom. The maximum absolute atomic E-state index is 13.5. The molecule has 0 bridgehead atoms. The highest BCUT2D eigenvalue weighted by Gasteiger charge is 2.44. The van der Waals surface area contributed by atoms with Crippen LogP contribution < -0.4 is 29.0 Å². The van der Waals surface area contributed by atoms with Gasteiger partial charge < -0.3 is 29.0 Å². The SMILES string of the molecule is O=C(Nc1ccc2c(c1)OC(F)(F)O2)n1cc(-c2ccc3c(c2)OC(F)(F)O3)c(-c2ccc(OC(F)F)cc2)n1. The minimum absolute atomic E-state index is 0.0717. The van der Waals surface area contributed by atoms with E-state index in [1.54, 1.807) is 0 Å². The average molecular weight is 565 g/mol. The zero-order chi connectivity index (χ0) is 28.2. The Bertz CT molecular complexity index is 1630. The van der Waals surface area contributed by atoms with Gasteiger partial charge in [0.1, 0.15) is 11.4 Å². The fourth-order valence-corrected chi connectivity index (χ4v) is 4.02. The van der Waals surface area contributed by atoms with Crippen LogP contribution in [0.1, 0.15) is 0 Å². The Balaban J connectivity index is 1.34. The number of anilines is 1. The first kappa shape index (κ1) is 25.2. The van der Waals surface area contributed by atoms with Crippen molar-refractivity contribution in [3.63, 3.8) is 0 Å². The molecule has 3 heterocycles. The number of nitrogens with one attached hydrogen (secondary N) is 1. The summed E-state index contributed by atoms with van der Waals surface area (Å²) in [4.78, 5) is 13.0. The molecule has 1 aromatic heterocycles. The van der Waals surface area contributed by atoms with Gasteiger partial charge >= 0.3 is 25.2 Å². The predicted molar refractivity (Wildman–Crippen MR) is 123 cm³/mol. The quantitative estimate of drug-likeness (QED) is 0.275. The van der Waals surface area contributed by atoms with Crippen molar-refractivity contribution in [3.8, 4) is 51.1 Å². The Kier molecular flexibility index (Phi) is 5.67. The summed E-state index contributed by atoms with van der Waals surface area (Å²) in [7, 11) is 0. The molecule has 4 aromatic rings. The number of nitrogens with zero attached hydrogens (tertiary/aromatic N) is 2. The molecule has 0 unspecified atom stereocenters. The van der Waals surface area contributed by atoms with Crippen molar-refractivity contribution in [1.29, 1.82) is 0 Å². The number of alkyl halides is 6. The monoisotopic (exact) mass is 565 g/mol. The molecule has 0 saturated heterocycles. The Morgan fingerprint density at radius 1 is 0.800 bits per heavy atom. The van der Waals surface area contributed by atoms with Crippen molar-refractivity contribution in [3.05, 3.63) is 66.9 Å². The second-order valence-corrected chi connectivity index (χ2v) is 8.33. The third-order valence-electron chi connectivity index (χ3n) is 5.64. The summed E-state index contributed by atoms with van der Waals surface area (Å²) in [6, 6.07) is 12.0. The fraction of sp³-hybridized carbons (Fsp3) is 0.120. The number of hydrogen-bond acceptors (Lipinski definition) is 7. The lowest BCUT2D eigenvalue weighted by Crippen LogP contribution is -2.26. The van der Waals surface area contributed by atoms with Gasteiger partial charge in [-0.3, -0.25) is 0 Å². The van der Waals surface area contributed by atoms with Gasteiger partial charge in [-0.1, -0.05) is 6.07 Å². The lowest BCUT2D eigenvalue weighted by atomic mass is 10.0. The summed E-state index contributed by atoms with van der Waals surface area (Å²) in [6.07, 6.45) is -6.42. The number of carbonyl (C=O) groups is 1. The van der Waals surface area contributed by atoms with E-state index < -0.39 is 25.2 Å². The number of aromatic nitrogens is 2. The molecule has 1 N–H and O–H groups in total. The number of carbonyl (C=O) groups excluding carboxylic acids is 1. The summed E-state index contributed by atoms with van der Waals surface area (Å²) in [5, 5.41) is 6.76. The van der Waals surface area contributed by atoms with E-state index in [1.807, 2.05) is 0 Å². The highest BCUT2D eigenvalue weighted by atomic mass is 19.3.